The van der Waals surface area contributed by atoms with Crippen LogP contribution in [0.4, 0.5) is 0 Å². The molecule has 3 nitrogen and oxygen atoms in total. The van der Waals surface area contributed by atoms with Gasteiger partial charge in [0.15, 0.2) is 0 Å². The molecule has 0 fully saturated rings. The molecule has 0 saturated carbocycles. The Morgan fingerprint density at radius 2 is 2.07 bits per heavy atom. The Labute approximate surface area is 87.2 Å². The molecular formula is C12H12N2O. The third-order valence-electron chi connectivity index (χ3n) is 3.14. The van der Waals surface area contributed by atoms with E-state index in [9.17, 15) is 4.79 Å². The van der Waals surface area contributed by atoms with Crippen LogP contribution in [0.3, 0.4) is 0 Å². The molecule has 1 aliphatic rings. The molecule has 1 heterocycles. The summed E-state index contributed by atoms with van der Waals surface area (Å²) >= 11 is 0. The fraction of sp³-hybridized carbons (Fsp3) is 0.333. The molecule has 2 aromatic rings. The highest BCUT2D eigenvalue weighted by Gasteiger charge is 2.14. The number of aryl methyl sites for hydroxylation is 2. The minimum absolute atomic E-state index is 0.00116. The van der Waals surface area contributed by atoms with Crippen LogP contribution < -0.4 is 5.56 Å². The Bertz CT molecular complexity index is 571. The summed E-state index contributed by atoms with van der Waals surface area (Å²) in [4.78, 5) is 18.6. The first-order valence-corrected chi connectivity index (χ1v) is 5.34. The monoisotopic (exact) mass is 200 g/mol. The van der Waals surface area contributed by atoms with Crippen LogP contribution in [0.25, 0.3) is 10.9 Å². The van der Waals surface area contributed by atoms with Crippen LogP contribution in [-0.4, -0.2) is 9.97 Å². The molecule has 0 spiro atoms. The Morgan fingerprint density at radius 1 is 1.20 bits per heavy atom. The number of aromatic amines is 1. The second-order valence-electron chi connectivity index (χ2n) is 4.04. The topological polar surface area (TPSA) is 45.8 Å². The molecule has 3 heteroatoms. The second kappa shape index (κ2) is 3.19. The van der Waals surface area contributed by atoms with Crippen molar-refractivity contribution in [1.82, 2.24) is 9.97 Å². The highest BCUT2D eigenvalue weighted by Crippen LogP contribution is 2.25. The van der Waals surface area contributed by atoms with Crippen molar-refractivity contribution in [3.8, 4) is 0 Å². The van der Waals surface area contributed by atoms with Crippen LogP contribution in [0.2, 0.25) is 0 Å². The highest BCUT2D eigenvalue weighted by molar-refractivity contribution is 5.82. The minimum Gasteiger partial charge on any atom is -0.313 e. The molecule has 0 bridgehead atoms. The van der Waals surface area contributed by atoms with Gasteiger partial charge in [-0.15, -0.1) is 0 Å². The summed E-state index contributed by atoms with van der Waals surface area (Å²) in [6, 6.07) is 4.07. The van der Waals surface area contributed by atoms with Crippen molar-refractivity contribution >= 4 is 10.9 Å². The van der Waals surface area contributed by atoms with Crippen molar-refractivity contribution in [1.29, 1.82) is 0 Å². The Morgan fingerprint density at radius 3 is 3.00 bits per heavy atom. The van der Waals surface area contributed by atoms with Gasteiger partial charge in [0.05, 0.1) is 17.2 Å². The predicted molar refractivity (Wildman–Crippen MR) is 59.0 cm³/mol. The summed E-state index contributed by atoms with van der Waals surface area (Å²) in [5.74, 6) is 0. The maximum Gasteiger partial charge on any atom is 0.258 e. The van der Waals surface area contributed by atoms with E-state index in [-0.39, 0.29) is 5.56 Å². The molecule has 0 aliphatic heterocycles. The molecule has 1 N–H and O–H groups in total. The number of hydrogen-bond acceptors (Lipinski definition) is 2. The first-order valence-electron chi connectivity index (χ1n) is 5.34. The summed E-state index contributed by atoms with van der Waals surface area (Å²) in [5.41, 5.74) is 3.36. The first-order chi connectivity index (χ1) is 7.36. The van der Waals surface area contributed by atoms with Crippen molar-refractivity contribution in [2.24, 2.45) is 0 Å². The number of nitrogens with one attached hydrogen (secondary N) is 1. The summed E-state index contributed by atoms with van der Waals surface area (Å²) < 4.78 is 0. The zero-order valence-electron chi connectivity index (χ0n) is 8.42. The van der Waals surface area contributed by atoms with Gasteiger partial charge in [0.2, 0.25) is 0 Å². The van der Waals surface area contributed by atoms with Gasteiger partial charge in [-0.1, -0.05) is 6.07 Å². The maximum absolute atomic E-state index is 11.8. The van der Waals surface area contributed by atoms with E-state index in [1.165, 1.54) is 30.3 Å². The lowest BCUT2D eigenvalue weighted by Gasteiger charge is -2.16. The van der Waals surface area contributed by atoms with E-state index >= 15 is 0 Å². The number of H-pyrrole nitrogens is 1. The fourth-order valence-corrected chi connectivity index (χ4v) is 2.41. The van der Waals surface area contributed by atoms with E-state index in [1.807, 2.05) is 6.07 Å². The van der Waals surface area contributed by atoms with Crippen molar-refractivity contribution in [3.05, 3.63) is 39.9 Å². The molecule has 0 atom stereocenters. The van der Waals surface area contributed by atoms with Gasteiger partial charge in [-0.05, 0) is 42.9 Å². The van der Waals surface area contributed by atoms with E-state index in [4.69, 9.17) is 0 Å². The van der Waals surface area contributed by atoms with Crippen LogP contribution in [0.5, 0.6) is 0 Å². The SMILES string of the molecule is O=c1[nH]cnc2ccc3c(c12)CCCC3. The molecule has 76 valence electrons. The van der Waals surface area contributed by atoms with E-state index in [0.29, 0.717) is 0 Å². The number of fused-ring (bicyclic) bond motifs is 3. The molecule has 1 aliphatic carbocycles. The van der Waals surface area contributed by atoms with Crippen molar-refractivity contribution in [2.75, 3.05) is 0 Å². The van der Waals surface area contributed by atoms with Crippen LogP contribution in [0.1, 0.15) is 24.0 Å². The number of rotatable bonds is 0. The van der Waals surface area contributed by atoms with Crippen molar-refractivity contribution in [3.63, 3.8) is 0 Å². The highest BCUT2D eigenvalue weighted by atomic mass is 16.1. The third kappa shape index (κ3) is 1.27. The van der Waals surface area contributed by atoms with Crippen LogP contribution in [0.15, 0.2) is 23.3 Å². The van der Waals surface area contributed by atoms with Gasteiger partial charge < -0.3 is 4.98 Å². The Balaban J connectivity index is 2.44. The lowest BCUT2D eigenvalue weighted by Crippen LogP contribution is -2.12. The quantitative estimate of drug-likeness (QED) is 0.704. The van der Waals surface area contributed by atoms with Gasteiger partial charge in [-0.2, -0.15) is 0 Å². The van der Waals surface area contributed by atoms with Gasteiger partial charge in [0.1, 0.15) is 0 Å². The van der Waals surface area contributed by atoms with Crippen LogP contribution in [0, 0.1) is 0 Å². The largest absolute Gasteiger partial charge is 0.313 e. The second-order valence-corrected chi connectivity index (χ2v) is 4.04. The maximum atomic E-state index is 11.8. The Hall–Kier alpha value is -1.64. The lowest BCUT2D eigenvalue weighted by atomic mass is 9.89. The van der Waals surface area contributed by atoms with E-state index in [1.54, 1.807) is 0 Å². The van der Waals surface area contributed by atoms with Crippen molar-refractivity contribution < 1.29 is 0 Å². The predicted octanol–water partition coefficient (Wildman–Crippen LogP) is 1.80. The smallest absolute Gasteiger partial charge is 0.258 e. The van der Waals surface area contributed by atoms with Gasteiger partial charge in [0.25, 0.3) is 5.56 Å². The number of hydrogen-bond donors (Lipinski definition) is 1. The van der Waals surface area contributed by atoms with E-state index in [2.05, 4.69) is 16.0 Å². The molecule has 3 rings (SSSR count). The van der Waals surface area contributed by atoms with Gasteiger partial charge >= 0.3 is 0 Å². The average molecular weight is 200 g/mol. The summed E-state index contributed by atoms with van der Waals surface area (Å²) in [7, 11) is 0. The van der Waals surface area contributed by atoms with Crippen molar-refractivity contribution in [2.45, 2.75) is 25.7 Å². The van der Waals surface area contributed by atoms with Gasteiger partial charge in [-0.25, -0.2) is 4.98 Å². The zero-order chi connectivity index (χ0) is 10.3. The summed E-state index contributed by atoms with van der Waals surface area (Å²) in [6.45, 7) is 0. The number of aromatic nitrogens is 2. The third-order valence-corrected chi connectivity index (χ3v) is 3.14. The molecule has 1 aromatic heterocycles. The normalized spacial score (nSPS) is 15.2. The van der Waals surface area contributed by atoms with Gasteiger partial charge in [-0.3, -0.25) is 4.79 Å². The minimum atomic E-state index is -0.00116. The Kier molecular flexibility index (Phi) is 1.84. The molecule has 15 heavy (non-hydrogen) atoms. The molecule has 0 radical (unpaired) electrons. The number of nitrogens with zero attached hydrogens (tertiary/aromatic N) is 1. The summed E-state index contributed by atoms with van der Waals surface area (Å²) in [5, 5.41) is 0.801. The first kappa shape index (κ1) is 8.65. The standard InChI is InChI=1S/C12H12N2O/c15-12-11-9-4-2-1-3-8(9)5-6-10(11)13-7-14-12/h5-7H,1-4H2,(H,13,14,15). The number of benzene rings is 1. The summed E-state index contributed by atoms with van der Waals surface area (Å²) in [6.07, 6.45) is 6.00. The molecule has 0 amide bonds. The fourth-order valence-electron chi connectivity index (χ4n) is 2.41. The zero-order valence-corrected chi connectivity index (χ0v) is 8.42. The molecular weight excluding hydrogens is 188 g/mol. The average Bonchev–Trinajstić information content (AvgIpc) is 2.29. The molecule has 1 aromatic carbocycles. The lowest BCUT2D eigenvalue weighted by molar-refractivity contribution is 0.689. The van der Waals surface area contributed by atoms with Gasteiger partial charge in [0, 0.05) is 0 Å². The van der Waals surface area contributed by atoms with E-state index in [0.717, 1.165) is 23.7 Å². The van der Waals surface area contributed by atoms with E-state index < -0.39 is 0 Å². The molecule has 0 unspecified atom stereocenters. The van der Waals surface area contributed by atoms with Crippen LogP contribution in [-0.2, 0) is 12.8 Å². The molecule has 0 saturated heterocycles. The van der Waals surface area contributed by atoms with Crippen LogP contribution >= 0.6 is 0 Å².